The number of nitrogens with two attached hydrogens (primary N) is 1. The number of hydrogen-bond donors (Lipinski definition) is 4. The van der Waals surface area contributed by atoms with Gasteiger partial charge < -0.3 is 26.4 Å². The van der Waals surface area contributed by atoms with Crippen molar-refractivity contribution in [1.82, 2.24) is 15.0 Å². The van der Waals surface area contributed by atoms with Gasteiger partial charge in [0, 0.05) is 30.6 Å². The van der Waals surface area contributed by atoms with E-state index in [-0.39, 0.29) is 23.2 Å². The van der Waals surface area contributed by atoms with Crippen LogP contribution in [0, 0.1) is 0 Å². The number of rotatable bonds is 7. The number of ether oxygens (including phenoxy) is 1. The highest BCUT2D eigenvalue weighted by Crippen LogP contribution is 2.23. The van der Waals surface area contributed by atoms with Crippen LogP contribution in [-0.4, -0.2) is 33.9 Å². The molecule has 5 N–H and O–H groups in total. The molecule has 1 aromatic carbocycles. The Bertz CT molecular complexity index is 1040. The summed E-state index contributed by atoms with van der Waals surface area (Å²) < 4.78 is 5.02. The van der Waals surface area contributed by atoms with Crippen LogP contribution in [0.5, 0.6) is 5.88 Å². The van der Waals surface area contributed by atoms with Crippen molar-refractivity contribution in [2.75, 3.05) is 23.1 Å². The Morgan fingerprint density at radius 1 is 1.00 bits per heavy atom. The van der Waals surface area contributed by atoms with Crippen LogP contribution in [0.15, 0.2) is 48.8 Å². The normalized spacial score (nSPS) is 10.1. The first-order valence-electron chi connectivity index (χ1n) is 8.53. The third-order valence-electron chi connectivity index (χ3n) is 3.70. The van der Waals surface area contributed by atoms with Crippen LogP contribution in [0.25, 0.3) is 0 Å². The second-order valence-corrected chi connectivity index (χ2v) is 5.92. The molecule has 0 aliphatic carbocycles. The minimum Gasteiger partial charge on any atom is -0.481 e. The Morgan fingerprint density at radius 3 is 2.45 bits per heavy atom. The Kier molecular flexibility index (Phi) is 5.83. The molecule has 3 aromatic rings. The second kappa shape index (κ2) is 8.65. The molecule has 29 heavy (non-hydrogen) atoms. The lowest BCUT2D eigenvalue weighted by Crippen LogP contribution is -2.16. The molecule has 10 nitrogen and oxygen atoms in total. The fourth-order valence-corrected chi connectivity index (χ4v) is 2.44. The summed E-state index contributed by atoms with van der Waals surface area (Å²) in [5.74, 6) is 0.0608. The fraction of sp³-hybridized carbons (Fsp3) is 0.105. The molecule has 0 radical (unpaired) electrons. The van der Waals surface area contributed by atoms with E-state index in [9.17, 15) is 9.59 Å². The molecule has 0 aliphatic rings. The lowest BCUT2D eigenvalue weighted by molar-refractivity contribution is -0.114. The van der Waals surface area contributed by atoms with Crippen molar-refractivity contribution in [3.05, 3.63) is 54.4 Å². The second-order valence-electron chi connectivity index (χ2n) is 5.92. The van der Waals surface area contributed by atoms with E-state index in [1.54, 1.807) is 42.6 Å². The fourth-order valence-electron chi connectivity index (χ4n) is 2.44. The average Bonchev–Trinajstić information content (AvgIpc) is 2.68. The number of nitrogens with zero attached hydrogens (tertiary/aromatic N) is 3. The van der Waals surface area contributed by atoms with E-state index in [4.69, 9.17) is 10.5 Å². The monoisotopic (exact) mass is 393 g/mol. The first kappa shape index (κ1) is 19.5. The van der Waals surface area contributed by atoms with E-state index in [1.165, 1.54) is 20.2 Å². The highest BCUT2D eigenvalue weighted by atomic mass is 16.5. The zero-order valence-electron chi connectivity index (χ0n) is 15.8. The van der Waals surface area contributed by atoms with E-state index in [0.29, 0.717) is 22.9 Å². The first-order chi connectivity index (χ1) is 13.9. The summed E-state index contributed by atoms with van der Waals surface area (Å²) in [6.45, 7) is 1.42. The summed E-state index contributed by atoms with van der Waals surface area (Å²) in [6.07, 6.45) is 2.89. The molecule has 0 spiro atoms. The van der Waals surface area contributed by atoms with Gasteiger partial charge in [0.1, 0.15) is 11.4 Å². The van der Waals surface area contributed by atoms with Crippen LogP contribution in [0.1, 0.15) is 17.3 Å². The summed E-state index contributed by atoms with van der Waals surface area (Å²) in [4.78, 5) is 35.6. The van der Waals surface area contributed by atoms with E-state index in [0.717, 1.165) is 0 Å². The molecule has 2 aromatic heterocycles. The molecular weight excluding hydrogens is 374 g/mol. The summed E-state index contributed by atoms with van der Waals surface area (Å²) in [5, 5.41) is 8.72. The lowest BCUT2D eigenvalue weighted by atomic mass is 10.2. The highest BCUT2D eigenvalue weighted by Gasteiger charge is 2.13. The minimum atomic E-state index is -0.678. The van der Waals surface area contributed by atoms with Crippen molar-refractivity contribution in [2.24, 2.45) is 5.73 Å². The van der Waals surface area contributed by atoms with Crippen LogP contribution in [0.2, 0.25) is 0 Å². The van der Waals surface area contributed by atoms with Gasteiger partial charge in [0.05, 0.1) is 19.0 Å². The first-order valence-corrected chi connectivity index (χ1v) is 8.53. The van der Waals surface area contributed by atoms with Crippen molar-refractivity contribution in [3.63, 3.8) is 0 Å². The molecule has 3 rings (SSSR count). The van der Waals surface area contributed by atoms with Gasteiger partial charge in [-0.05, 0) is 24.3 Å². The summed E-state index contributed by atoms with van der Waals surface area (Å²) >= 11 is 0. The highest BCUT2D eigenvalue weighted by molar-refractivity contribution is 5.98. The number of primary amides is 1. The molecule has 148 valence electrons. The number of benzene rings is 1. The molecule has 2 amide bonds. The van der Waals surface area contributed by atoms with Crippen molar-refractivity contribution in [2.45, 2.75) is 6.92 Å². The molecule has 0 fully saturated rings. The van der Waals surface area contributed by atoms with Gasteiger partial charge in [0.15, 0.2) is 0 Å². The topological polar surface area (TPSA) is 144 Å². The van der Waals surface area contributed by atoms with Gasteiger partial charge in [0.25, 0.3) is 5.91 Å². The summed E-state index contributed by atoms with van der Waals surface area (Å²) in [7, 11) is 1.53. The predicted octanol–water partition coefficient (Wildman–Crippen LogP) is 2.42. The molecule has 0 unspecified atom stereocenters. The van der Waals surface area contributed by atoms with Crippen LogP contribution in [0.3, 0.4) is 0 Å². The maximum absolute atomic E-state index is 11.8. The van der Waals surface area contributed by atoms with Crippen molar-refractivity contribution >= 4 is 40.6 Å². The summed E-state index contributed by atoms with van der Waals surface area (Å²) in [5.41, 5.74) is 7.40. The van der Waals surface area contributed by atoms with Crippen LogP contribution in [-0.2, 0) is 4.79 Å². The Balaban J connectivity index is 1.87. The molecular formula is C19H19N7O3. The quantitative estimate of drug-likeness (QED) is 0.479. The molecule has 2 heterocycles. The van der Waals surface area contributed by atoms with Crippen molar-refractivity contribution in [3.8, 4) is 5.88 Å². The van der Waals surface area contributed by atoms with E-state index < -0.39 is 5.91 Å². The maximum Gasteiger partial charge on any atom is 0.254 e. The van der Waals surface area contributed by atoms with Gasteiger partial charge in [0.2, 0.25) is 17.7 Å². The SMILES string of the molecule is COc1ccc(Nc2ncc(C(N)=O)c(Nc3cccc(NC(C)=O)c3)n2)cn1. The maximum atomic E-state index is 11.8. The number of aromatic nitrogens is 3. The Morgan fingerprint density at radius 2 is 1.79 bits per heavy atom. The Hall–Kier alpha value is -4.21. The minimum absolute atomic E-state index is 0.119. The molecule has 0 aliphatic heterocycles. The lowest BCUT2D eigenvalue weighted by Gasteiger charge is -2.12. The van der Waals surface area contributed by atoms with Crippen molar-refractivity contribution < 1.29 is 14.3 Å². The largest absolute Gasteiger partial charge is 0.481 e. The smallest absolute Gasteiger partial charge is 0.254 e. The average molecular weight is 393 g/mol. The number of anilines is 5. The number of carbonyl (C=O) groups excluding carboxylic acids is 2. The summed E-state index contributed by atoms with van der Waals surface area (Å²) in [6, 6.07) is 10.4. The third-order valence-corrected chi connectivity index (χ3v) is 3.70. The number of hydrogen-bond acceptors (Lipinski definition) is 8. The van der Waals surface area contributed by atoms with Gasteiger partial charge in [-0.1, -0.05) is 6.07 Å². The molecule has 0 bridgehead atoms. The van der Waals surface area contributed by atoms with Gasteiger partial charge in [-0.2, -0.15) is 4.98 Å². The zero-order valence-corrected chi connectivity index (χ0v) is 15.8. The van der Waals surface area contributed by atoms with Crippen LogP contribution < -0.4 is 26.4 Å². The standard InChI is InChI=1S/C19H19N7O3/c1-11(27)23-12-4-3-5-13(8-12)24-18-15(17(20)28)10-22-19(26-18)25-14-6-7-16(29-2)21-9-14/h3-10H,1-2H3,(H2,20,28)(H,23,27)(H2,22,24,25,26). The van der Waals surface area contributed by atoms with Crippen molar-refractivity contribution in [1.29, 1.82) is 0 Å². The Labute approximate surface area is 166 Å². The van der Waals surface area contributed by atoms with Gasteiger partial charge >= 0.3 is 0 Å². The zero-order chi connectivity index (χ0) is 20.8. The third kappa shape index (κ3) is 5.16. The van der Waals surface area contributed by atoms with E-state index in [1.807, 2.05) is 0 Å². The van der Waals surface area contributed by atoms with E-state index in [2.05, 4.69) is 30.9 Å². The molecule has 0 atom stereocenters. The number of nitrogens with one attached hydrogen (secondary N) is 3. The number of methoxy groups -OCH3 is 1. The molecule has 0 saturated heterocycles. The molecule has 0 saturated carbocycles. The van der Waals surface area contributed by atoms with Gasteiger partial charge in [-0.3, -0.25) is 9.59 Å². The van der Waals surface area contributed by atoms with Crippen LogP contribution >= 0.6 is 0 Å². The van der Waals surface area contributed by atoms with Crippen LogP contribution in [0.4, 0.5) is 28.8 Å². The molecule has 10 heteroatoms. The number of carbonyl (C=O) groups is 2. The number of amides is 2. The van der Waals surface area contributed by atoms with E-state index >= 15 is 0 Å². The van der Waals surface area contributed by atoms with Gasteiger partial charge in [-0.15, -0.1) is 0 Å². The van der Waals surface area contributed by atoms with Gasteiger partial charge in [-0.25, -0.2) is 9.97 Å². The number of pyridine rings is 1. The predicted molar refractivity (Wildman–Crippen MR) is 109 cm³/mol.